The highest BCUT2D eigenvalue weighted by Crippen LogP contribution is 2.60. The average Bonchev–Trinajstić information content (AvgIpc) is 2.61. The molecule has 140 valence electrons. The molecule has 1 N–H and O–H groups in total. The summed E-state index contributed by atoms with van der Waals surface area (Å²) in [6, 6.07) is 7.16. The maximum absolute atomic E-state index is 13.1. The zero-order valence-corrected chi connectivity index (χ0v) is 15.6. The molecule has 0 saturated heterocycles. The Morgan fingerprint density at radius 2 is 1.77 bits per heavy atom. The predicted molar refractivity (Wildman–Crippen MR) is 101 cm³/mol. The molecule has 0 aliphatic heterocycles. The summed E-state index contributed by atoms with van der Waals surface area (Å²) < 4.78 is 5.28. The van der Waals surface area contributed by atoms with E-state index in [0.717, 1.165) is 49.9 Å². The van der Waals surface area contributed by atoms with Crippen molar-refractivity contribution in [1.82, 2.24) is 0 Å². The van der Waals surface area contributed by atoms with Gasteiger partial charge in [0.05, 0.1) is 17.6 Å². The van der Waals surface area contributed by atoms with Gasteiger partial charge in [-0.25, -0.2) is 4.79 Å². The van der Waals surface area contributed by atoms with Gasteiger partial charge in [0.25, 0.3) is 0 Å². The molecular formula is C22H29NO3. The second-order valence-corrected chi connectivity index (χ2v) is 8.72. The van der Waals surface area contributed by atoms with Gasteiger partial charge in [0, 0.05) is 5.69 Å². The standard InChI is InChI=1S/C22H29NO3/c1-2-3-7-26-20(24)18-5-4-6-19(11-18)23-21(25)22-12-15-8-16(13-22)10-17(9-15)14-22/h4-6,11,15-17H,2-3,7-10,12-14H2,1H3,(H,23,25). The lowest BCUT2D eigenvalue weighted by Crippen LogP contribution is -2.51. The van der Waals surface area contributed by atoms with Crippen molar-refractivity contribution in [3.63, 3.8) is 0 Å². The first-order valence-corrected chi connectivity index (χ1v) is 10.2. The minimum absolute atomic E-state index is 0.160. The van der Waals surface area contributed by atoms with Gasteiger partial charge in [-0.1, -0.05) is 19.4 Å². The third-order valence-electron chi connectivity index (χ3n) is 6.61. The molecule has 0 spiro atoms. The molecule has 4 nitrogen and oxygen atoms in total. The van der Waals surface area contributed by atoms with Crippen LogP contribution in [0.2, 0.25) is 0 Å². The fraction of sp³-hybridized carbons (Fsp3) is 0.636. The van der Waals surface area contributed by atoms with Crippen molar-refractivity contribution >= 4 is 17.6 Å². The zero-order chi connectivity index (χ0) is 18.1. The van der Waals surface area contributed by atoms with E-state index in [2.05, 4.69) is 12.2 Å². The molecule has 1 aromatic carbocycles. The van der Waals surface area contributed by atoms with Crippen LogP contribution in [0.15, 0.2) is 24.3 Å². The fourth-order valence-corrected chi connectivity index (χ4v) is 5.77. The van der Waals surface area contributed by atoms with Crippen molar-refractivity contribution in [2.75, 3.05) is 11.9 Å². The first-order valence-electron chi connectivity index (χ1n) is 10.2. The summed E-state index contributed by atoms with van der Waals surface area (Å²) >= 11 is 0. The van der Waals surface area contributed by atoms with Crippen molar-refractivity contribution in [2.24, 2.45) is 23.2 Å². The summed E-state index contributed by atoms with van der Waals surface area (Å²) in [6.07, 6.45) is 8.97. The molecule has 4 aliphatic rings. The smallest absolute Gasteiger partial charge is 0.338 e. The highest BCUT2D eigenvalue weighted by Gasteiger charge is 2.54. The number of hydrogen-bond donors (Lipinski definition) is 1. The lowest BCUT2D eigenvalue weighted by molar-refractivity contribution is -0.140. The third kappa shape index (κ3) is 3.38. The Labute approximate surface area is 155 Å². The van der Waals surface area contributed by atoms with Crippen LogP contribution in [-0.4, -0.2) is 18.5 Å². The van der Waals surface area contributed by atoms with E-state index in [9.17, 15) is 9.59 Å². The van der Waals surface area contributed by atoms with Crippen molar-refractivity contribution in [3.8, 4) is 0 Å². The monoisotopic (exact) mass is 355 g/mol. The van der Waals surface area contributed by atoms with Crippen LogP contribution >= 0.6 is 0 Å². The van der Waals surface area contributed by atoms with Crippen molar-refractivity contribution in [3.05, 3.63) is 29.8 Å². The fourth-order valence-electron chi connectivity index (χ4n) is 5.77. The number of amides is 1. The summed E-state index contributed by atoms with van der Waals surface area (Å²) in [5, 5.41) is 3.11. The largest absolute Gasteiger partial charge is 0.462 e. The molecular weight excluding hydrogens is 326 g/mol. The Balaban J connectivity index is 1.43. The van der Waals surface area contributed by atoms with Gasteiger partial charge in [-0.05, 0) is 80.9 Å². The van der Waals surface area contributed by atoms with Gasteiger partial charge in [-0.2, -0.15) is 0 Å². The van der Waals surface area contributed by atoms with Crippen LogP contribution in [0, 0.1) is 23.2 Å². The maximum atomic E-state index is 13.1. The van der Waals surface area contributed by atoms with Crippen LogP contribution in [0.25, 0.3) is 0 Å². The van der Waals surface area contributed by atoms with E-state index in [-0.39, 0.29) is 17.3 Å². The normalized spacial score (nSPS) is 31.7. The number of nitrogens with one attached hydrogen (secondary N) is 1. The Morgan fingerprint density at radius 1 is 1.12 bits per heavy atom. The topological polar surface area (TPSA) is 55.4 Å². The van der Waals surface area contributed by atoms with E-state index in [1.54, 1.807) is 12.1 Å². The van der Waals surface area contributed by atoms with Gasteiger partial charge in [-0.15, -0.1) is 0 Å². The Bertz CT molecular complexity index is 661. The summed E-state index contributed by atoms with van der Waals surface area (Å²) in [4.78, 5) is 25.3. The Morgan fingerprint density at radius 3 is 2.38 bits per heavy atom. The van der Waals surface area contributed by atoms with Gasteiger partial charge >= 0.3 is 5.97 Å². The number of ether oxygens (including phenoxy) is 1. The predicted octanol–water partition coefficient (Wildman–Crippen LogP) is 4.80. The molecule has 4 heteroatoms. The number of rotatable bonds is 6. The number of hydrogen-bond acceptors (Lipinski definition) is 3. The van der Waals surface area contributed by atoms with E-state index in [4.69, 9.17) is 4.74 Å². The molecule has 4 fully saturated rings. The summed E-state index contributed by atoms with van der Waals surface area (Å²) in [6.45, 7) is 2.51. The maximum Gasteiger partial charge on any atom is 0.338 e. The van der Waals surface area contributed by atoms with E-state index < -0.39 is 0 Å². The number of benzene rings is 1. The zero-order valence-electron chi connectivity index (χ0n) is 15.6. The van der Waals surface area contributed by atoms with Crippen molar-refractivity contribution in [2.45, 2.75) is 58.3 Å². The van der Waals surface area contributed by atoms with Crippen LogP contribution in [-0.2, 0) is 9.53 Å². The van der Waals surface area contributed by atoms with Crippen molar-refractivity contribution in [1.29, 1.82) is 0 Å². The van der Waals surface area contributed by atoms with E-state index >= 15 is 0 Å². The second kappa shape index (κ2) is 7.05. The molecule has 4 bridgehead atoms. The highest BCUT2D eigenvalue weighted by atomic mass is 16.5. The molecule has 0 radical (unpaired) electrons. The van der Waals surface area contributed by atoms with E-state index in [1.807, 2.05) is 12.1 Å². The van der Waals surface area contributed by atoms with Gasteiger partial charge in [0.15, 0.2) is 0 Å². The van der Waals surface area contributed by atoms with Gasteiger partial charge < -0.3 is 10.1 Å². The molecule has 1 aromatic rings. The first kappa shape index (κ1) is 17.6. The molecule has 5 rings (SSSR count). The van der Waals surface area contributed by atoms with Crippen molar-refractivity contribution < 1.29 is 14.3 Å². The van der Waals surface area contributed by atoms with Crippen LogP contribution in [0.3, 0.4) is 0 Å². The molecule has 0 aromatic heterocycles. The number of unbranched alkanes of at least 4 members (excludes halogenated alkanes) is 1. The SMILES string of the molecule is CCCCOC(=O)c1cccc(NC(=O)C23CC4CC(CC(C4)C2)C3)c1. The van der Waals surface area contributed by atoms with Crippen LogP contribution in [0.4, 0.5) is 5.69 Å². The minimum Gasteiger partial charge on any atom is -0.462 e. The van der Waals surface area contributed by atoms with Gasteiger partial charge in [-0.3, -0.25) is 4.79 Å². The molecule has 0 heterocycles. The molecule has 0 atom stereocenters. The number of anilines is 1. The number of esters is 1. The molecule has 1 amide bonds. The molecule has 4 aliphatic carbocycles. The summed E-state index contributed by atoms with van der Waals surface area (Å²) in [7, 11) is 0. The van der Waals surface area contributed by atoms with Gasteiger partial charge in [0.1, 0.15) is 0 Å². The van der Waals surface area contributed by atoms with E-state index in [1.165, 1.54) is 19.3 Å². The Hall–Kier alpha value is -1.84. The van der Waals surface area contributed by atoms with Gasteiger partial charge in [0.2, 0.25) is 5.91 Å². The van der Waals surface area contributed by atoms with Crippen LogP contribution in [0.1, 0.15) is 68.6 Å². The highest BCUT2D eigenvalue weighted by molar-refractivity contribution is 5.97. The number of carbonyl (C=O) groups is 2. The molecule has 0 unspecified atom stereocenters. The lowest BCUT2D eigenvalue weighted by Gasteiger charge is -2.55. The summed E-state index contributed by atoms with van der Waals surface area (Å²) in [5.74, 6) is 2.07. The molecule has 4 saturated carbocycles. The second-order valence-electron chi connectivity index (χ2n) is 8.72. The Kier molecular flexibility index (Phi) is 4.76. The number of carbonyl (C=O) groups excluding carboxylic acids is 2. The molecule has 26 heavy (non-hydrogen) atoms. The lowest BCUT2D eigenvalue weighted by atomic mass is 9.49. The average molecular weight is 355 g/mol. The summed E-state index contributed by atoms with van der Waals surface area (Å²) in [5.41, 5.74) is 1.03. The first-order chi connectivity index (χ1) is 12.6. The van der Waals surface area contributed by atoms with Crippen LogP contribution in [0.5, 0.6) is 0 Å². The van der Waals surface area contributed by atoms with E-state index in [0.29, 0.717) is 17.9 Å². The minimum atomic E-state index is -0.315. The quantitative estimate of drug-likeness (QED) is 0.589. The van der Waals surface area contributed by atoms with Crippen LogP contribution < -0.4 is 5.32 Å². The third-order valence-corrected chi connectivity index (χ3v) is 6.61.